The number of aromatic nitrogens is 3. The molecule has 7 rings (SSSR count). The Labute approximate surface area is 280 Å². The van der Waals surface area contributed by atoms with E-state index in [1.807, 2.05) is 4.90 Å². The molecule has 4 heterocycles. The van der Waals surface area contributed by atoms with Gasteiger partial charge in [0, 0.05) is 48.9 Å². The van der Waals surface area contributed by atoms with E-state index in [9.17, 15) is 13.6 Å². The highest BCUT2D eigenvalue weighted by molar-refractivity contribution is 6.36. The quantitative estimate of drug-likeness (QED) is 0.157. The van der Waals surface area contributed by atoms with E-state index in [0.717, 1.165) is 19.4 Å². The Kier molecular flexibility index (Phi) is 8.60. The summed E-state index contributed by atoms with van der Waals surface area (Å²) in [6.07, 6.45) is 4.89. The number of rotatable bonds is 8. The average Bonchev–Trinajstić information content (AvgIpc) is 3.70. The monoisotopic (exact) mass is 675 g/mol. The van der Waals surface area contributed by atoms with E-state index < -0.39 is 29.4 Å². The van der Waals surface area contributed by atoms with E-state index in [-0.39, 0.29) is 59.9 Å². The van der Waals surface area contributed by atoms with Crippen LogP contribution in [0.3, 0.4) is 0 Å². The molecule has 9 nitrogen and oxygen atoms in total. The maximum atomic E-state index is 16.8. The molecule has 4 aromatic rings. The lowest BCUT2D eigenvalue weighted by molar-refractivity contribution is -0.131. The number of piperazine rings is 1. The molecule has 1 aliphatic carbocycles. The van der Waals surface area contributed by atoms with Crippen molar-refractivity contribution in [2.24, 2.45) is 5.92 Å². The molecule has 2 aliphatic heterocycles. The normalized spacial score (nSPS) is 22.4. The van der Waals surface area contributed by atoms with Gasteiger partial charge in [0.25, 0.3) is 5.91 Å². The number of anilines is 1. The first kappa shape index (κ1) is 32.1. The number of pyridine rings is 1. The minimum absolute atomic E-state index is 0.0215. The van der Waals surface area contributed by atoms with Gasteiger partial charge in [-0.1, -0.05) is 49.4 Å². The highest BCUT2D eigenvalue weighted by Crippen LogP contribution is 2.43. The van der Waals surface area contributed by atoms with Crippen LogP contribution in [0.5, 0.6) is 6.01 Å². The molecule has 1 amide bonds. The zero-order valence-corrected chi connectivity index (χ0v) is 27.1. The molecule has 48 heavy (non-hydrogen) atoms. The molecule has 0 N–H and O–H groups in total. The van der Waals surface area contributed by atoms with Crippen molar-refractivity contribution < 1.29 is 22.7 Å². The Hall–Kier alpha value is -4.47. The maximum Gasteiger partial charge on any atom is 0.319 e. The predicted molar refractivity (Wildman–Crippen MR) is 177 cm³/mol. The second-order valence-corrected chi connectivity index (χ2v) is 12.9. The van der Waals surface area contributed by atoms with Gasteiger partial charge in [-0.2, -0.15) is 9.97 Å². The molecular weight excluding hydrogens is 643 g/mol. The first-order chi connectivity index (χ1) is 23.2. The van der Waals surface area contributed by atoms with Gasteiger partial charge >= 0.3 is 6.01 Å². The molecule has 2 bridgehead atoms. The largest absolute Gasteiger partial charge is 0.462 e. The zero-order valence-electron chi connectivity index (χ0n) is 26.3. The minimum atomic E-state index is -1.10. The van der Waals surface area contributed by atoms with Crippen molar-refractivity contribution in [2.75, 3.05) is 44.2 Å². The van der Waals surface area contributed by atoms with Gasteiger partial charge in [-0.3, -0.25) is 14.7 Å². The Bertz CT molecular complexity index is 1990. The number of hydrogen-bond donors (Lipinski definition) is 0. The molecule has 4 atom stereocenters. The lowest BCUT2D eigenvalue weighted by Crippen LogP contribution is -2.56. The third kappa shape index (κ3) is 5.48. The van der Waals surface area contributed by atoms with Gasteiger partial charge < -0.3 is 19.4 Å². The summed E-state index contributed by atoms with van der Waals surface area (Å²) in [7, 11) is 0. The second kappa shape index (κ2) is 12.9. The number of likely N-dealkylation sites (tertiary alicyclic amines) is 1. The Morgan fingerprint density at radius 3 is 2.79 bits per heavy atom. The third-order valence-corrected chi connectivity index (χ3v) is 10.4. The highest BCUT2D eigenvalue weighted by Gasteiger charge is 2.45. The topological polar surface area (TPSA) is 79.1 Å². The molecule has 0 spiro atoms. The Balaban J connectivity index is 1.32. The molecule has 0 unspecified atom stereocenters. The van der Waals surface area contributed by atoms with Crippen LogP contribution in [0.2, 0.25) is 5.02 Å². The summed E-state index contributed by atoms with van der Waals surface area (Å²) in [4.78, 5) is 35.4. The number of carbonyl (C=O) groups is 1. The third-order valence-electron chi connectivity index (χ3n) is 10.0. The fourth-order valence-electron chi connectivity index (χ4n) is 7.82. The summed E-state index contributed by atoms with van der Waals surface area (Å²) < 4.78 is 51.5. The lowest BCUT2D eigenvalue weighted by atomic mass is 9.99. The molecule has 1 saturated carbocycles. The number of carbonyl (C=O) groups excluding carboxylic acids is 1. The molecule has 3 aliphatic rings. The summed E-state index contributed by atoms with van der Waals surface area (Å²) >= 11 is 6.39. The van der Waals surface area contributed by atoms with Gasteiger partial charge in [-0.25, -0.2) is 19.7 Å². The van der Waals surface area contributed by atoms with Crippen LogP contribution in [-0.4, -0.2) is 88.1 Å². The number of benzene rings is 2. The van der Waals surface area contributed by atoms with Crippen molar-refractivity contribution in [3.63, 3.8) is 0 Å². The summed E-state index contributed by atoms with van der Waals surface area (Å²) in [5, 5.41) is 1.09. The number of halogens is 4. The molecule has 2 aromatic heterocycles. The van der Waals surface area contributed by atoms with E-state index in [1.165, 1.54) is 23.6 Å². The van der Waals surface area contributed by atoms with Gasteiger partial charge in [0.05, 0.1) is 10.4 Å². The Morgan fingerprint density at radius 1 is 1.19 bits per heavy atom. The van der Waals surface area contributed by atoms with Crippen molar-refractivity contribution in [2.45, 2.75) is 44.3 Å². The maximum absolute atomic E-state index is 16.8. The van der Waals surface area contributed by atoms with Gasteiger partial charge in [0.1, 0.15) is 35.5 Å². The summed E-state index contributed by atoms with van der Waals surface area (Å²) in [6.45, 7) is 14.3. The lowest BCUT2D eigenvalue weighted by Gasteiger charge is -2.39. The van der Waals surface area contributed by atoms with Gasteiger partial charge in [-0.15, -0.1) is 0 Å². The first-order valence-corrected chi connectivity index (χ1v) is 16.4. The number of nitrogens with zero attached hydrogens (tertiary/aromatic N) is 7. The van der Waals surface area contributed by atoms with Crippen molar-refractivity contribution in [3.05, 3.63) is 77.0 Å². The molecule has 2 saturated heterocycles. The number of likely N-dealkylation sites (N-methyl/N-ethyl adjacent to an activating group) is 1. The second-order valence-electron chi connectivity index (χ2n) is 12.6. The van der Waals surface area contributed by atoms with Gasteiger partial charge in [0.2, 0.25) is 6.54 Å². The predicted octanol–water partition coefficient (Wildman–Crippen LogP) is 6.45. The van der Waals surface area contributed by atoms with Crippen LogP contribution in [0, 0.1) is 24.1 Å². The molecule has 13 heteroatoms. The van der Waals surface area contributed by atoms with Crippen LogP contribution in [-0.2, 0) is 4.79 Å². The van der Waals surface area contributed by atoms with Crippen LogP contribution in [0.4, 0.5) is 19.0 Å². The molecular formula is C35H33ClF3N7O2. The number of hydrogen-bond acceptors (Lipinski definition) is 7. The van der Waals surface area contributed by atoms with E-state index in [1.54, 1.807) is 24.3 Å². The van der Waals surface area contributed by atoms with Crippen LogP contribution in [0.15, 0.2) is 48.9 Å². The van der Waals surface area contributed by atoms with Crippen LogP contribution in [0.1, 0.15) is 26.2 Å². The van der Waals surface area contributed by atoms with E-state index >= 15 is 4.39 Å². The zero-order chi connectivity index (χ0) is 33.7. The number of ether oxygens (including phenoxy) is 1. The SMILES string of the molecule is [C-]#[N+]C[C@H]1CN(c2nc(OC[C@H]3[C@@H]4CC[C@@H](C4)N3CC)nc3c(F)c(-c4cccc5ccc(F)c(Cl)c45)ncc23)CCN1C(=O)C(=C)F. The first-order valence-electron chi connectivity index (χ1n) is 16.1. The average molecular weight is 676 g/mol. The van der Waals surface area contributed by atoms with Crippen LogP contribution in [0.25, 0.3) is 37.8 Å². The van der Waals surface area contributed by atoms with Crippen molar-refractivity contribution in [1.29, 1.82) is 0 Å². The van der Waals surface area contributed by atoms with Crippen LogP contribution < -0.4 is 9.64 Å². The number of piperidine rings is 1. The van der Waals surface area contributed by atoms with Crippen LogP contribution >= 0.6 is 11.6 Å². The van der Waals surface area contributed by atoms with E-state index in [0.29, 0.717) is 40.7 Å². The van der Waals surface area contributed by atoms with Crippen molar-refractivity contribution in [1.82, 2.24) is 24.8 Å². The molecule has 248 valence electrons. The highest BCUT2D eigenvalue weighted by atomic mass is 35.5. The fourth-order valence-corrected chi connectivity index (χ4v) is 8.10. The summed E-state index contributed by atoms with van der Waals surface area (Å²) in [5.41, 5.74) is 0.182. The fraction of sp³-hybridized carbons (Fsp3) is 0.400. The summed E-state index contributed by atoms with van der Waals surface area (Å²) in [6, 6.07) is 7.97. The molecule has 2 aromatic carbocycles. The van der Waals surface area contributed by atoms with E-state index in [4.69, 9.17) is 27.9 Å². The standard InChI is InChI=1S/C35H33ClF3N7O2/c1-4-45-22-10-8-21(14-22)27(45)18-48-35-42-32-25(33(43-35)44-12-13-46(34(47)19(2)37)23(17-44)15-40-3)16-41-31(30(32)39)24-7-5-6-20-9-11-26(38)29(36)28(20)24/h5-7,9,11,16,21-23,27H,2,4,8,10,12-15,17-18H2,1H3/t21-,22+,23+,27+/m1/s1. The smallest absolute Gasteiger partial charge is 0.319 e. The van der Waals surface area contributed by atoms with E-state index in [2.05, 4.69) is 33.2 Å². The minimum Gasteiger partial charge on any atom is -0.462 e. The van der Waals surface area contributed by atoms with Crippen molar-refractivity contribution in [3.8, 4) is 17.3 Å². The molecule has 0 radical (unpaired) electrons. The van der Waals surface area contributed by atoms with Gasteiger partial charge in [-0.05, 0) is 43.2 Å². The number of amides is 1. The Morgan fingerprint density at radius 2 is 2.02 bits per heavy atom. The van der Waals surface area contributed by atoms with Crippen molar-refractivity contribution >= 4 is 45.0 Å². The molecule has 3 fully saturated rings. The summed E-state index contributed by atoms with van der Waals surface area (Å²) in [5.74, 6) is -2.54. The van der Waals surface area contributed by atoms with Gasteiger partial charge in [0.15, 0.2) is 11.6 Å². The number of fused-ring (bicyclic) bond motifs is 4.